The molecule has 0 aromatic heterocycles. The Morgan fingerprint density at radius 3 is 2.50 bits per heavy atom. The Labute approximate surface area is 109 Å². The van der Waals surface area contributed by atoms with Crippen LogP contribution in [0.2, 0.25) is 0 Å². The Kier molecular flexibility index (Phi) is 5.02. The van der Waals surface area contributed by atoms with Crippen molar-refractivity contribution in [1.29, 1.82) is 0 Å². The van der Waals surface area contributed by atoms with Gasteiger partial charge in [0.25, 0.3) is 0 Å². The predicted octanol–water partition coefficient (Wildman–Crippen LogP) is 2.60. The van der Waals surface area contributed by atoms with E-state index in [1.165, 1.54) is 25.9 Å². The normalized spacial score (nSPS) is 17.9. The smallest absolute Gasteiger partial charge is 0.119 e. The highest BCUT2D eigenvalue weighted by Crippen LogP contribution is 2.17. The Bertz CT molecular complexity index is 342. The first-order valence-electron chi connectivity index (χ1n) is 6.89. The minimum absolute atomic E-state index is 0.408. The Hall–Kier alpha value is -1.06. The number of aliphatic hydroxyl groups is 1. The van der Waals surface area contributed by atoms with E-state index in [0.29, 0.717) is 0 Å². The van der Waals surface area contributed by atoms with E-state index >= 15 is 0 Å². The van der Waals surface area contributed by atoms with E-state index in [0.717, 1.165) is 30.9 Å². The first kappa shape index (κ1) is 13.4. The lowest BCUT2D eigenvalue weighted by Gasteiger charge is -2.14. The van der Waals surface area contributed by atoms with Crippen molar-refractivity contribution < 1.29 is 9.84 Å². The first-order chi connectivity index (χ1) is 8.75. The summed E-state index contributed by atoms with van der Waals surface area (Å²) in [5.41, 5.74) is 0.930. The van der Waals surface area contributed by atoms with Gasteiger partial charge in [-0.1, -0.05) is 12.1 Å². The van der Waals surface area contributed by atoms with E-state index in [9.17, 15) is 5.11 Å². The van der Waals surface area contributed by atoms with Gasteiger partial charge in [0.1, 0.15) is 5.75 Å². The van der Waals surface area contributed by atoms with E-state index in [4.69, 9.17) is 4.74 Å². The maximum atomic E-state index is 9.40. The average Bonchev–Trinajstić information content (AvgIpc) is 2.88. The molecule has 100 valence electrons. The fourth-order valence-corrected chi connectivity index (χ4v) is 2.33. The summed E-state index contributed by atoms with van der Waals surface area (Å²) in [6.45, 7) is 6.19. The molecule has 1 aliphatic heterocycles. The molecule has 0 radical (unpaired) electrons. The van der Waals surface area contributed by atoms with E-state index < -0.39 is 6.10 Å². The molecule has 0 spiro atoms. The van der Waals surface area contributed by atoms with Crippen LogP contribution in [0.1, 0.15) is 37.9 Å². The predicted molar refractivity (Wildman–Crippen MR) is 72.9 cm³/mol. The molecule has 0 aliphatic carbocycles. The summed E-state index contributed by atoms with van der Waals surface area (Å²) in [5.74, 6) is 0.890. The van der Waals surface area contributed by atoms with E-state index in [1.807, 2.05) is 24.3 Å². The molecular weight excluding hydrogens is 226 g/mol. The maximum absolute atomic E-state index is 9.40. The molecule has 18 heavy (non-hydrogen) atoms. The number of benzene rings is 1. The lowest BCUT2D eigenvalue weighted by Crippen LogP contribution is -2.21. The van der Waals surface area contributed by atoms with Crippen LogP contribution in [0.3, 0.4) is 0 Å². The van der Waals surface area contributed by atoms with Gasteiger partial charge in [0.15, 0.2) is 0 Å². The Morgan fingerprint density at radius 1 is 1.22 bits per heavy atom. The van der Waals surface area contributed by atoms with Gasteiger partial charge in [-0.15, -0.1) is 0 Å². The van der Waals surface area contributed by atoms with Gasteiger partial charge >= 0.3 is 0 Å². The molecule has 3 heteroatoms. The second kappa shape index (κ2) is 6.76. The summed E-state index contributed by atoms with van der Waals surface area (Å²) < 4.78 is 5.69. The third-order valence-corrected chi connectivity index (χ3v) is 3.45. The summed E-state index contributed by atoms with van der Waals surface area (Å²) in [6.07, 6.45) is 3.37. The van der Waals surface area contributed by atoms with Crippen LogP contribution in [0.15, 0.2) is 24.3 Å². The van der Waals surface area contributed by atoms with Gasteiger partial charge in [0.2, 0.25) is 0 Å². The van der Waals surface area contributed by atoms with E-state index in [2.05, 4.69) is 4.90 Å². The van der Waals surface area contributed by atoms with E-state index in [-0.39, 0.29) is 0 Å². The maximum Gasteiger partial charge on any atom is 0.119 e. The van der Waals surface area contributed by atoms with Crippen molar-refractivity contribution in [3.8, 4) is 5.75 Å². The average molecular weight is 249 g/mol. The van der Waals surface area contributed by atoms with Crippen molar-refractivity contribution >= 4 is 0 Å². The molecule has 1 fully saturated rings. The molecule has 3 nitrogen and oxygen atoms in total. The highest BCUT2D eigenvalue weighted by atomic mass is 16.5. The molecule has 1 aromatic rings. The number of hydrogen-bond donors (Lipinski definition) is 1. The van der Waals surface area contributed by atoms with Gasteiger partial charge in [-0.3, -0.25) is 0 Å². The van der Waals surface area contributed by atoms with Crippen LogP contribution >= 0.6 is 0 Å². The standard InChI is InChI=1S/C15H23NO2/c1-13(17)14-5-7-15(8-6-14)18-12-4-11-16-9-2-3-10-16/h5-8,13,17H,2-4,9-12H2,1H3/t13-/m0/s1. The minimum Gasteiger partial charge on any atom is -0.494 e. The molecule has 0 saturated carbocycles. The van der Waals surface area contributed by atoms with E-state index in [1.54, 1.807) is 6.92 Å². The topological polar surface area (TPSA) is 32.7 Å². The SMILES string of the molecule is C[C@H](O)c1ccc(OCCCN2CCCC2)cc1. The van der Waals surface area contributed by atoms with Crippen molar-refractivity contribution in [3.05, 3.63) is 29.8 Å². The van der Waals surface area contributed by atoms with Gasteiger partial charge in [-0.2, -0.15) is 0 Å². The lowest BCUT2D eigenvalue weighted by molar-refractivity contribution is 0.199. The third kappa shape index (κ3) is 4.00. The van der Waals surface area contributed by atoms with Crippen LogP contribution in [0.5, 0.6) is 5.75 Å². The summed E-state index contributed by atoms with van der Waals surface area (Å²) in [6, 6.07) is 7.69. The molecule has 0 unspecified atom stereocenters. The Balaban J connectivity index is 1.66. The largest absolute Gasteiger partial charge is 0.494 e. The minimum atomic E-state index is -0.408. The van der Waals surface area contributed by atoms with Crippen LogP contribution in [-0.2, 0) is 0 Å². The second-order valence-corrected chi connectivity index (χ2v) is 5.00. The molecule has 1 atom stereocenters. The zero-order valence-corrected chi connectivity index (χ0v) is 11.1. The molecular formula is C15H23NO2. The van der Waals surface area contributed by atoms with Crippen LogP contribution in [0, 0.1) is 0 Å². The van der Waals surface area contributed by atoms with Gasteiger partial charge in [-0.05, 0) is 57.0 Å². The lowest BCUT2D eigenvalue weighted by atomic mass is 10.1. The van der Waals surface area contributed by atoms with Crippen LogP contribution in [-0.4, -0.2) is 36.2 Å². The fraction of sp³-hybridized carbons (Fsp3) is 0.600. The third-order valence-electron chi connectivity index (χ3n) is 3.45. The summed E-state index contributed by atoms with van der Waals surface area (Å²) in [4.78, 5) is 2.50. The monoisotopic (exact) mass is 249 g/mol. The van der Waals surface area contributed by atoms with Crippen LogP contribution < -0.4 is 4.74 Å². The van der Waals surface area contributed by atoms with Gasteiger partial charge in [0.05, 0.1) is 12.7 Å². The van der Waals surface area contributed by atoms with Gasteiger partial charge in [0, 0.05) is 6.54 Å². The molecule has 1 aromatic carbocycles. The van der Waals surface area contributed by atoms with Crippen molar-refractivity contribution in [3.63, 3.8) is 0 Å². The summed E-state index contributed by atoms with van der Waals surface area (Å²) in [7, 11) is 0. The highest BCUT2D eigenvalue weighted by molar-refractivity contribution is 5.28. The van der Waals surface area contributed by atoms with Gasteiger partial charge < -0.3 is 14.7 Å². The Morgan fingerprint density at radius 2 is 1.89 bits per heavy atom. The highest BCUT2D eigenvalue weighted by Gasteiger charge is 2.10. The molecule has 2 rings (SSSR count). The number of hydrogen-bond acceptors (Lipinski definition) is 3. The fourth-order valence-electron chi connectivity index (χ4n) is 2.33. The number of likely N-dealkylation sites (tertiary alicyclic amines) is 1. The molecule has 0 bridgehead atoms. The summed E-state index contributed by atoms with van der Waals surface area (Å²) >= 11 is 0. The second-order valence-electron chi connectivity index (χ2n) is 5.00. The van der Waals surface area contributed by atoms with Crippen molar-refractivity contribution in [2.45, 2.75) is 32.3 Å². The van der Waals surface area contributed by atoms with Crippen LogP contribution in [0.4, 0.5) is 0 Å². The van der Waals surface area contributed by atoms with Crippen LogP contribution in [0.25, 0.3) is 0 Å². The number of ether oxygens (including phenoxy) is 1. The zero-order chi connectivity index (χ0) is 12.8. The number of aliphatic hydroxyl groups excluding tert-OH is 1. The van der Waals surface area contributed by atoms with Crippen molar-refractivity contribution in [1.82, 2.24) is 4.90 Å². The quantitative estimate of drug-likeness (QED) is 0.787. The molecule has 0 amide bonds. The summed E-state index contributed by atoms with van der Waals surface area (Å²) in [5, 5.41) is 9.40. The molecule has 1 heterocycles. The first-order valence-corrected chi connectivity index (χ1v) is 6.89. The van der Waals surface area contributed by atoms with Crippen molar-refractivity contribution in [2.24, 2.45) is 0 Å². The van der Waals surface area contributed by atoms with Crippen molar-refractivity contribution in [2.75, 3.05) is 26.2 Å². The molecule has 1 aliphatic rings. The number of nitrogens with zero attached hydrogens (tertiary/aromatic N) is 1. The van der Waals surface area contributed by atoms with Gasteiger partial charge in [-0.25, -0.2) is 0 Å². The zero-order valence-electron chi connectivity index (χ0n) is 11.1. The molecule has 1 saturated heterocycles. The molecule has 1 N–H and O–H groups in total. The number of rotatable bonds is 6.